The van der Waals surface area contributed by atoms with E-state index in [1.807, 2.05) is 12.1 Å². The van der Waals surface area contributed by atoms with Gasteiger partial charge >= 0.3 is 0 Å². The summed E-state index contributed by atoms with van der Waals surface area (Å²) >= 11 is 0. The number of nitrogens with zero attached hydrogens (tertiary/aromatic N) is 3. The Morgan fingerprint density at radius 1 is 1.17 bits per heavy atom. The first-order valence-electron chi connectivity index (χ1n) is 8.24. The van der Waals surface area contributed by atoms with Crippen LogP contribution < -0.4 is 10.6 Å². The lowest BCUT2D eigenvalue weighted by atomic mass is 10.1. The predicted octanol–water partition coefficient (Wildman–Crippen LogP) is 1.77. The number of hydrogen-bond donors (Lipinski definition) is 2. The Kier molecular flexibility index (Phi) is 5.05. The van der Waals surface area contributed by atoms with E-state index in [-0.39, 0.29) is 5.91 Å². The molecule has 3 rings (SSSR count). The summed E-state index contributed by atoms with van der Waals surface area (Å²) in [6.07, 6.45) is 0. The first-order chi connectivity index (χ1) is 11.7. The molecule has 126 valence electrons. The van der Waals surface area contributed by atoms with Crippen molar-refractivity contribution in [2.75, 3.05) is 25.5 Å². The largest absolute Gasteiger partial charge is 0.364 e. The molecule has 2 heterocycles. The van der Waals surface area contributed by atoms with Crippen molar-refractivity contribution < 1.29 is 4.79 Å². The number of hydrogen-bond acceptors (Lipinski definition) is 5. The summed E-state index contributed by atoms with van der Waals surface area (Å²) in [4.78, 5) is 13.9. The third-order valence-electron chi connectivity index (χ3n) is 4.39. The number of aromatic nitrogens is 2. The minimum atomic E-state index is -0.225. The van der Waals surface area contributed by atoms with Crippen molar-refractivity contribution in [1.29, 1.82) is 0 Å². The Hall–Kier alpha value is -2.47. The van der Waals surface area contributed by atoms with E-state index in [1.165, 1.54) is 5.56 Å². The summed E-state index contributed by atoms with van der Waals surface area (Å²) in [5.74, 6) is 1.01. The molecule has 0 aliphatic carbocycles. The average Bonchev–Trinajstić information content (AvgIpc) is 2.95. The van der Waals surface area contributed by atoms with Crippen LogP contribution in [-0.2, 0) is 6.54 Å². The van der Waals surface area contributed by atoms with Crippen molar-refractivity contribution >= 4 is 11.7 Å². The summed E-state index contributed by atoms with van der Waals surface area (Å²) in [5, 5.41) is 14.1. The van der Waals surface area contributed by atoms with Gasteiger partial charge in [0.05, 0.1) is 0 Å². The van der Waals surface area contributed by atoms with Gasteiger partial charge in [-0.1, -0.05) is 37.3 Å². The lowest BCUT2D eigenvalue weighted by Crippen LogP contribution is -2.28. The summed E-state index contributed by atoms with van der Waals surface area (Å²) in [6, 6.07) is 14.3. The van der Waals surface area contributed by atoms with Crippen molar-refractivity contribution in [3.05, 3.63) is 53.7 Å². The van der Waals surface area contributed by atoms with Crippen LogP contribution in [0.1, 0.15) is 23.0 Å². The molecule has 2 atom stereocenters. The van der Waals surface area contributed by atoms with Gasteiger partial charge in [-0.25, -0.2) is 0 Å². The number of anilines is 1. The Morgan fingerprint density at radius 2 is 1.96 bits per heavy atom. The highest BCUT2D eigenvalue weighted by molar-refractivity contribution is 5.91. The van der Waals surface area contributed by atoms with E-state index in [0.717, 1.165) is 19.6 Å². The summed E-state index contributed by atoms with van der Waals surface area (Å²) in [7, 11) is 1.58. The van der Waals surface area contributed by atoms with Gasteiger partial charge in [-0.15, -0.1) is 10.2 Å². The molecule has 1 saturated heterocycles. The maximum atomic E-state index is 11.5. The normalized spacial score (nSPS) is 20.8. The molecular formula is C18H23N5O. The lowest BCUT2D eigenvalue weighted by molar-refractivity contribution is 0.0957. The van der Waals surface area contributed by atoms with Crippen LogP contribution in [-0.4, -0.2) is 47.2 Å². The molecular weight excluding hydrogens is 302 g/mol. The molecule has 6 heteroatoms. The molecule has 1 aliphatic heterocycles. The number of carbonyl (C=O) groups is 1. The number of carbonyl (C=O) groups excluding carboxylic acids is 1. The molecule has 2 aromatic rings. The number of amides is 1. The molecule has 0 saturated carbocycles. The van der Waals surface area contributed by atoms with E-state index in [1.54, 1.807) is 13.1 Å². The monoisotopic (exact) mass is 325 g/mol. The van der Waals surface area contributed by atoms with Crippen LogP contribution in [0, 0.1) is 5.92 Å². The van der Waals surface area contributed by atoms with Gasteiger partial charge in [0.25, 0.3) is 5.91 Å². The molecule has 1 aromatic heterocycles. The quantitative estimate of drug-likeness (QED) is 0.877. The van der Waals surface area contributed by atoms with Crippen LogP contribution in [0.25, 0.3) is 0 Å². The van der Waals surface area contributed by atoms with Gasteiger partial charge < -0.3 is 10.6 Å². The highest BCUT2D eigenvalue weighted by Crippen LogP contribution is 2.21. The van der Waals surface area contributed by atoms with E-state index in [0.29, 0.717) is 23.5 Å². The van der Waals surface area contributed by atoms with Crippen molar-refractivity contribution in [2.24, 2.45) is 5.92 Å². The van der Waals surface area contributed by atoms with Crippen LogP contribution in [0.2, 0.25) is 0 Å². The van der Waals surface area contributed by atoms with E-state index < -0.39 is 0 Å². The van der Waals surface area contributed by atoms with Gasteiger partial charge in [-0.2, -0.15) is 0 Å². The third-order valence-corrected chi connectivity index (χ3v) is 4.39. The highest BCUT2D eigenvalue weighted by atomic mass is 16.1. The minimum absolute atomic E-state index is 0.225. The van der Waals surface area contributed by atoms with Crippen molar-refractivity contribution in [3.63, 3.8) is 0 Å². The Bertz CT molecular complexity index is 674. The second-order valence-electron chi connectivity index (χ2n) is 6.29. The minimum Gasteiger partial charge on any atom is -0.364 e. The maximum absolute atomic E-state index is 11.5. The second-order valence-corrected chi connectivity index (χ2v) is 6.29. The molecule has 1 aromatic carbocycles. The van der Waals surface area contributed by atoms with E-state index in [2.05, 4.69) is 56.9 Å². The zero-order valence-electron chi connectivity index (χ0n) is 14.1. The van der Waals surface area contributed by atoms with Gasteiger partial charge in [-0.05, 0) is 23.6 Å². The fourth-order valence-corrected chi connectivity index (χ4v) is 3.07. The first kappa shape index (κ1) is 16.4. The SMILES string of the molecule is CNC(=O)c1ccc(NC2CN(Cc3ccccc3)CC2C)nn1. The fourth-order valence-electron chi connectivity index (χ4n) is 3.07. The van der Waals surface area contributed by atoms with Crippen LogP contribution in [0.15, 0.2) is 42.5 Å². The Balaban J connectivity index is 1.58. The van der Waals surface area contributed by atoms with Crippen LogP contribution in [0.4, 0.5) is 5.82 Å². The molecule has 0 bridgehead atoms. The summed E-state index contributed by atoms with van der Waals surface area (Å²) in [5.41, 5.74) is 1.66. The van der Waals surface area contributed by atoms with Crippen LogP contribution >= 0.6 is 0 Å². The molecule has 1 amide bonds. The number of benzene rings is 1. The maximum Gasteiger partial charge on any atom is 0.271 e. The number of likely N-dealkylation sites (tertiary alicyclic amines) is 1. The van der Waals surface area contributed by atoms with E-state index >= 15 is 0 Å². The van der Waals surface area contributed by atoms with Gasteiger partial charge in [0.15, 0.2) is 5.69 Å². The molecule has 0 spiro atoms. The molecule has 2 unspecified atom stereocenters. The van der Waals surface area contributed by atoms with Gasteiger partial charge in [0, 0.05) is 32.7 Å². The molecule has 2 N–H and O–H groups in total. The lowest BCUT2D eigenvalue weighted by Gasteiger charge is -2.17. The zero-order valence-corrected chi connectivity index (χ0v) is 14.1. The second kappa shape index (κ2) is 7.40. The Morgan fingerprint density at radius 3 is 2.62 bits per heavy atom. The summed E-state index contributed by atoms with van der Waals surface area (Å²) < 4.78 is 0. The average molecular weight is 325 g/mol. The van der Waals surface area contributed by atoms with Crippen molar-refractivity contribution in [1.82, 2.24) is 20.4 Å². The molecule has 1 aliphatic rings. The summed E-state index contributed by atoms with van der Waals surface area (Å²) in [6.45, 7) is 5.23. The van der Waals surface area contributed by atoms with Crippen LogP contribution in [0.5, 0.6) is 0 Å². The van der Waals surface area contributed by atoms with Gasteiger partial charge in [0.1, 0.15) is 5.82 Å². The first-order valence-corrected chi connectivity index (χ1v) is 8.24. The standard InChI is InChI=1S/C18H23N5O/c1-13-10-23(11-14-6-4-3-5-7-14)12-16(13)20-17-9-8-15(21-22-17)18(24)19-2/h3-9,13,16H,10-12H2,1-2H3,(H,19,24)(H,20,22). The van der Waals surface area contributed by atoms with Gasteiger partial charge in [0.2, 0.25) is 0 Å². The number of nitrogens with one attached hydrogen (secondary N) is 2. The third kappa shape index (κ3) is 3.89. The predicted molar refractivity (Wildman–Crippen MR) is 93.7 cm³/mol. The molecule has 1 fully saturated rings. The highest BCUT2D eigenvalue weighted by Gasteiger charge is 2.29. The van der Waals surface area contributed by atoms with Gasteiger partial charge in [-0.3, -0.25) is 9.69 Å². The smallest absolute Gasteiger partial charge is 0.271 e. The van der Waals surface area contributed by atoms with Crippen LogP contribution in [0.3, 0.4) is 0 Å². The number of rotatable bonds is 5. The Labute approximate surface area is 142 Å². The molecule has 0 radical (unpaired) electrons. The topological polar surface area (TPSA) is 70.2 Å². The van der Waals surface area contributed by atoms with Crippen molar-refractivity contribution in [2.45, 2.75) is 19.5 Å². The molecule has 6 nitrogen and oxygen atoms in total. The fraction of sp³-hybridized carbons (Fsp3) is 0.389. The zero-order chi connectivity index (χ0) is 16.9. The van der Waals surface area contributed by atoms with E-state index in [9.17, 15) is 4.79 Å². The molecule has 24 heavy (non-hydrogen) atoms. The van der Waals surface area contributed by atoms with E-state index in [4.69, 9.17) is 0 Å². The van der Waals surface area contributed by atoms with Crippen molar-refractivity contribution in [3.8, 4) is 0 Å².